The predicted octanol–water partition coefficient (Wildman–Crippen LogP) is 6.65. The normalized spacial score (nSPS) is 12.7. The van der Waals surface area contributed by atoms with Crippen LogP contribution in [0.2, 0.25) is 0 Å². The summed E-state index contributed by atoms with van der Waals surface area (Å²) in [6, 6.07) is 22.8. The van der Waals surface area contributed by atoms with E-state index in [1.54, 1.807) is 41.8 Å². The van der Waals surface area contributed by atoms with Gasteiger partial charge in [0.05, 0.1) is 4.90 Å². The molecular weight excluding hydrogens is 700 g/mol. The third-order valence-electron chi connectivity index (χ3n) is 9.07. The summed E-state index contributed by atoms with van der Waals surface area (Å²) in [7, 11) is -3.42. The number of hydrogen-bond donors (Lipinski definition) is 2. The van der Waals surface area contributed by atoms with Crippen molar-refractivity contribution in [1.29, 1.82) is 0 Å². The molecule has 266 valence electrons. The molecule has 0 fully saturated rings. The number of para-hydroxylation sites is 1. The molecule has 3 amide bonds. The Morgan fingerprint density at radius 2 is 1.52 bits per heavy atom. The number of halogens is 1. The number of sulfonamides is 1. The first-order chi connectivity index (χ1) is 24.8. The summed E-state index contributed by atoms with van der Waals surface area (Å²) in [6.07, 6.45) is 1.28. The number of carbonyl (C=O) groups excluding carboxylic acids is 3. The first-order valence-corrected chi connectivity index (χ1v) is 18.9. The maximum absolute atomic E-state index is 15.1. The van der Waals surface area contributed by atoms with Gasteiger partial charge in [0, 0.05) is 42.6 Å². The van der Waals surface area contributed by atoms with Crippen LogP contribution in [0.4, 0.5) is 4.39 Å². The van der Waals surface area contributed by atoms with Gasteiger partial charge >= 0.3 is 0 Å². The third-order valence-corrected chi connectivity index (χ3v) is 11.6. The molecule has 0 aliphatic carbocycles. The van der Waals surface area contributed by atoms with E-state index in [4.69, 9.17) is 5.73 Å². The number of primary amides is 1. The van der Waals surface area contributed by atoms with Crippen molar-refractivity contribution in [2.75, 3.05) is 7.05 Å². The zero-order valence-electron chi connectivity index (χ0n) is 28.7. The summed E-state index contributed by atoms with van der Waals surface area (Å²) in [4.78, 5) is 46.5. The molecule has 4 aromatic carbocycles. The molecule has 0 bridgehead atoms. The van der Waals surface area contributed by atoms with E-state index in [0.29, 0.717) is 26.4 Å². The summed E-state index contributed by atoms with van der Waals surface area (Å²) in [5.74, 6) is -3.34. The Morgan fingerprint density at radius 1 is 0.846 bits per heavy atom. The van der Waals surface area contributed by atoms with Gasteiger partial charge in [0.2, 0.25) is 5.91 Å². The first-order valence-electron chi connectivity index (χ1n) is 16.5. The number of H-pyrrole nitrogens is 1. The molecule has 52 heavy (non-hydrogen) atoms. The second-order valence-corrected chi connectivity index (χ2v) is 15.4. The van der Waals surface area contributed by atoms with E-state index in [-0.39, 0.29) is 12.8 Å². The number of rotatable bonds is 12. The van der Waals surface area contributed by atoms with Gasteiger partial charge in [-0.3, -0.25) is 14.4 Å². The molecule has 0 radical (unpaired) electrons. The molecule has 6 aromatic rings. The van der Waals surface area contributed by atoms with Crippen LogP contribution in [0.3, 0.4) is 0 Å². The van der Waals surface area contributed by atoms with E-state index >= 15 is 4.79 Å². The van der Waals surface area contributed by atoms with Crippen molar-refractivity contribution < 1.29 is 27.2 Å². The molecule has 2 atom stereocenters. The molecule has 6 rings (SSSR count). The number of benzene rings is 4. The molecular formula is C40H37FN4O5S2. The molecule has 3 N–H and O–H groups in total. The third kappa shape index (κ3) is 7.53. The SMILES string of the molecule is Cc1cc(C)cc(C(=O)N(C)[C@@H](Cc2ccc(-c3ccsc3)cc2)C(=O)N([C@@H](Cc2c[nH]c3ccccc23)C(N)=O)S(=O)(=O)c2ccc(F)cc2)c1. The van der Waals surface area contributed by atoms with Crippen molar-refractivity contribution in [3.63, 3.8) is 0 Å². The highest BCUT2D eigenvalue weighted by atomic mass is 32.2. The fourth-order valence-corrected chi connectivity index (χ4v) is 8.68. The highest BCUT2D eigenvalue weighted by molar-refractivity contribution is 7.89. The Bertz CT molecular complexity index is 2340. The minimum Gasteiger partial charge on any atom is -0.368 e. The van der Waals surface area contributed by atoms with Gasteiger partial charge in [0.1, 0.15) is 17.9 Å². The van der Waals surface area contributed by atoms with Gasteiger partial charge in [-0.25, -0.2) is 17.1 Å². The summed E-state index contributed by atoms with van der Waals surface area (Å²) in [6.45, 7) is 3.70. The van der Waals surface area contributed by atoms with Crippen molar-refractivity contribution in [2.24, 2.45) is 5.73 Å². The monoisotopic (exact) mass is 736 g/mol. The van der Waals surface area contributed by atoms with E-state index in [2.05, 4.69) is 4.98 Å². The number of nitrogens with two attached hydrogens (primary N) is 1. The Morgan fingerprint density at radius 3 is 2.15 bits per heavy atom. The Kier molecular flexibility index (Phi) is 10.4. The number of thiophene rings is 1. The number of fused-ring (bicyclic) bond motifs is 1. The van der Waals surface area contributed by atoms with Gasteiger partial charge in [-0.15, -0.1) is 0 Å². The average molecular weight is 737 g/mol. The van der Waals surface area contributed by atoms with E-state index in [9.17, 15) is 22.4 Å². The van der Waals surface area contributed by atoms with Gasteiger partial charge in [0.15, 0.2) is 0 Å². The zero-order valence-corrected chi connectivity index (χ0v) is 30.4. The van der Waals surface area contributed by atoms with E-state index in [1.165, 1.54) is 11.9 Å². The van der Waals surface area contributed by atoms with Crippen LogP contribution in [-0.4, -0.2) is 59.5 Å². The smallest absolute Gasteiger partial charge is 0.267 e. The fourth-order valence-electron chi connectivity index (χ4n) is 6.43. The summed E-state index contributed by atoms with van der Waals surface area (Å²) in [5, 5.41) is 4.69. The lowest BCUT2D eigenvalue weighted by atomic mass is 9.99. The maximum atomic E-state index is 15.1. The molecule has 0 aliphatic rings. The number of nitrogens with zero attached hydrogens (tertiary/aromatic N) is 2. The summed E-state index contributed by atoms with van der Waals surface area (Å²) in [5.41, 5.74) is 11.8. The number of aryl methyl sites for hydroxylation is 2. The van der Waals surface area contributed by atoms with Crippen molar-refractivity contribution in [1.82, 2.24) is 14.2 Å². The lowest BCUT2D eigenvalue weighted by Crippen LogP contribution is -2.58. The van der Waals surface area contributed by atoms with Crippen LogP contribution in [0, 0.1) is 19.7 Å². The van der Waals surface area contributed by atoms with E-state index in [1.807, 2.05) is 73.1 Å². The number of nitrogens with one attached hydrogen (secondary N) is 1. The number of amides is 3. The van der Waals surface area contributed by atoms with Gasteiger partial charge in [0.25, 0.3) is 21.8 Å². The maximum Gasteiger partial charge on any atom is 0.267 e. The molecule has 12 heteroatoms. The predicted molar refractivity (Wildman–Crippen MR) is 201 cm³/mol. The number of aromatic amines is 1. The van der Waals surface area contributed by atoms with Gasteiger partial charge in [-0.05, 0) is 95.4 Å². The minimum atomic E-state index is -4.86. The summed E-state index contributed by atoms with van der Waals surface area (Å²) < 4.78 is 43.7. The van der Waals surface area contributed by atoms with Crippen LogP contribution in [0.15, 0.2) is 119 Å². The molecule has 0 aliphatic heterocycles. The van der Waals surface area contributed by atoms with Gasteiger partial charge in [-0.1, -0.05) is 59.7 Å². The van der Waals surface area contributed by atoms with Crippen LogP contribution in [0.5, 0.6) is 0 Å². The first kappa shape index (κ1) is 36.2. The van der Waals surface area contributed by atoms with Crippen molar-refractivity contribution >= 4 is 50.0 Å². The molecule has 0 unspecified atom stereocenters. The van der Waals surface area contributed by atoms with Gasteiger partial charge in [-0.2, -0.15) is 11.3 Å². The second-order valence-electron chi connectivity index (χ2n) is 12.8. The van der Waals surface area contributed by atoms with Crippen molar-refractivity contribution in [3.05, 3.63) is 148 Å². The Hall–Kier alpha value is -5.59. The minimum absolute atomic E-state index is 0.0935. The van der Waals surface area contributed by atoms with Crippen molar-refractivity contribution in [2.45, 2.75) is 43.7 Å². The number of aromatic nitrogens is 1. The largest absolute Gasteiger partial charge is 0.368 e. The standard InChI is InChI=1S/C40H37FN4O5S2/c1-25-18-26(2)20-30(19-25)39(47)44(3)37(21-27-8-10-28(11-9-27)29-16-17-51-24-29)40(48)45(52(49,50)33-14-12-32(41)13-15-33)36(38(42)46)22-31-23-43-35-7-5-4-6-34(31)35/h4-20,23-24,36-37,43H,21-22H2,1-3H3,(H2,42,46)/t36-,37-/m0/s1. The zero-order chi connectivity index (χ0) is 37.2. The van der Waals surface area contributed by atoms with Crippen LogP contribution >= 0.6 is 11.3 Å². The van der Waals surface area contributed by atoms with E-state index < -0.39 is 50.5 Å². The van der Waals surface area contributed by atoms with Crippen molar-refractivity contribution in [3.8, 4) is 11.1 Å². The molecule has 2 aromatic heterocycles. The lowest BCUT2D eigenvalue weighted by Gasteiger charge is -2.35. The number of likely N-dealkylation sites (N-methyl/N-ethyl adjacent to an activating group) is 1. The van der Waals surface area contributed by atoms with Crippen LogP contribution in [0.1, 0.15) is 32.6 Å². The Labute approximate surface area is 305 Å². The van der Waals surface area contributed by atoms with Crippen LogP contribution < -0.4 is 5.73 Å². The number of carbonyl (C=O) groups is 3. The van der Waals surface area contributed by atoms with Crippen LogP contribution in [0.25, 0.3) is 22.0 Å². The van der Waals surface area contributed by atoms with Gasteiger partial charge < -0.3 is 15.6 Å². The Balaban J connectivity index is 1.48. The molecule has 0 saturated heterocycles. The number of hydrogen-bond acceptors (Lipinski definition) is 6. The molecule has 0 saturated carbocycles. The topological polar surface area (TPSA) is 134 Å². The lowest BCUT2D eigenvalue weighted by molar-refractivity contribution is -0.137. The highest BCUT2D eigenvalue weighted by Gasteiger charge is 2.44. The van der Waals surface area contributed by atoms with Crippen LogP contribution in [-0.2, 0) is 32.5 Å². The molecule has 0 spiro atoms. The molecule has 9 nitrogen and oxygen atoms in total. The summed E-state index contributed by atoms with van der Waals surface area (Å²) >= 11 is 1.56. The molecule has 2 heterocycles. The second kappa shape index (κ2) is 14.9. The highest BCUT2D eigenvalue weighted by Crippen LogP contribution is 2.29. The van der Waals surface area contributed by atoms with E-state index in [0.717, 1.165) is 52.0 Å². The fraction of sp³-hybridized carbons (Fsp3) is 0.175. The average Bonchev–Trinajstić information content (AvgIpc) is 3.81. The quantitative estimate of drug-likeness (QED) is 0.145.